The van der Waals surface area contributed by atoms with E-state index in [1.54, 1.807) is 0 Å². The van der Waals surface area contributed by atoms with Gasteiger partial charge in [-0.2, -0.15) is 0 Å². The highest BCUT2D eigenvalue weighted by Gasteiger charge is 2.30. The van der Waals surface area contributed by atoms with E-state index in [1.165, 1.54) is 24.3 Å². The first-order valence-corrected chi connectivity index (χ1v) is 11.7. The number of benzene rings is 1. The molecule has 14 heteroatoms. The fraction of sp³-hybridized carbons (Fsp3) is 0.522. The molecule has 4 amide bonds. The summed E-state index contributed by atoms with van der Waals surface area (Å²) in [5.74, 6) is -4.44. The van der Waals surface area contributed by atoms with Crippen molar-refractivity contribution in [2.24, 2.45) is 17.2 Å². The Balaban J connectivity index is 2.90. The van der Waals surface area contributed by atoms with Crippen LogP contribution in [0.25, 0.3) is 0 Å². The number of phenols is 1. The molecule has 0 fully saturated rings. The summed E-state index contributed by atoms with van der Waals surface area (Å²) in [5, 5.41) is 35.7. The fourth-order valence-electron chi connectivity index (χ4n) is 3.28. The van der Waals surface area contributed by atoms with Gasteiger partial charge in [0.1, 0.15) is 23.9 Å². The summed E-state index contributed by atoms with van der Waals surface area (Å²) >= 11 is 0. The summed E-state index contributed by atoms with van der Waals surface area (Å²) in [6.45, 7) is -0.477. The van der Waals surface area contributed by atoms with E-state index in [2.05, 4.69) is 16.0 Å². The van der Waals surface area contributed by atoms with Crippen LogP contribution < -0.4 is 33.2 Å². The van der Waals surface area contributed by atoms with Gasteiger partial charge < -0.3 is 48.5 Å². The molecule has 0 spiro atoms. The maximum atomic E-state index is 12.9. The lowest BCUT2D eigenvalue weighted by Crippen LogP contribution is -2.58. The second kappa shape index (κ2) is 16.1. The third-order valence-corrected chi connectivity index (χ3v) is 5.42. The number of hydrogen-bond donors (Lipinski definition) is 9. The molecule has 0 aliphatic carbocycles. The maximum absolute atomic E-state index is 12.9. The average molecular weight is 525 g/mol. The number of rotatable bonds is 17. The molecule has 0 bridgehead atoms. The quantitative estimate of drug-likeness (QED) is 0.0944. The summed E-state index contributed by atoms with van der Waals surface area (Å²) in [6, 6.07) is 0.668. The molecule has 1 aromatic rings. The number of primary amides is 1. The number of unbranched alkanes of at least 4 members (excludes halogenated alkanes) is 1. The van der Waals surface area contributed by atoms with E-state index in [0.29, 0.717) is 24.9 Å². The van der Waals surface area contributed by atoms with Gasteiger partial charge in [-0.25, -0.2) is 4.79 Å². The number of phenolic OH excluding ortho intramolecular Hbond substituents is 1. The second-order valence-corrected chi connectivity index (χ2v) is 8.47. The monoisotopic (exact) mass is 524 g/mol. The highest BCUT2D eigenvalue weighted by atomic mass is 16.4. The molecule has 0 saturated carbocycles. The maximum Gasteiger partial charge on any atom is 0.326 e. The minimum absolute atomic E-state index is 0.00157. The number of carbonyl (C=O) groups excluding carboxylic acids is 4. The first-order chi connectivity index (χ1) is 17.5. The molecule has 12 N–H and O–H groups in total. The molecule has 4 atom stereocenters. The van der Waals surface area contributed by atoms with Crippen molar-refractivity contribution in [1.82, 2.24) is 16.0 Å². The van der Waals surface area contributed by atoms with Crippen LogP contribution in [0.1, 0.15) is 37.7 Å². The second-order valence-electron chi connectivity index (χ2n) is 8.47. The Kier molecular flexibility index (Phi) is 13.6. The molecule has 1 rings (SSSR count). The zero-order chi connectivity index (χ0) is 28.0. The highest BCUT2D eigenvalue weighted by molar-refractivity contribution is 5.94. The highest BCUT2D eigenvalue weighted by Crippen LogP contribution is 2.12. The Hall–Kier alpha value is -3.75. The minimum atomic E-state index is -1.45. The lowest BCUT2D eigenvalue weighted by molar-refractivity contribution is -0.142. The van der Waals surface area contributed by atoms with Gasteiger partial charge in [0.25, 0.3) is 0 Å². The predicted molar refractivity (Wildman–Crippen MR) is 132 cm³/mol. The van der Waals surface area contributed by atoms with Gasteiger partial charge in [-0.05, 0) is 49.9 Å². The lowest BCUT2D eigenvalue weighted by Gasteiger charge is -2.24. The predicted octanol–water partition coefficient (Wildman–Crippen LogP) is -2.81. The van der Waals surface area contributed by atoms with Crippen LogP contribution in [0.2, 0.25) is 0 Å². The normalized spacial score (nSPS) is 14.0. The number of carboxylic acids is 1. The van der Waals surface area contributed by atoms with Crippen molar-refractivity contribution in [3.63, 3.8) is 0 Å². The average Bonchev–Trinajstić information content (AvgIpc) is 2.85. The Bertz CT molecular complexity index is 926. The van der Waals surface area contributed by atoms with Gasteiger partial charge in [0.2, 0.25) is 23.6 Å². The van der Waals surface area contributed by atoms with Gasteiger partial charge in [0, 0.05) is 12.8 Å². The standard InChI is InChI=1S/C23H36N6O8/c24-10-2-1-3-16(21(34)28-17(23(36)37)11-13-4-6-14(31)7-5-13)27-22(35)18(12-30)29-20(33)15(25)8-9-19(26)32/h4-7,15-18,30-31H,1-3,8-12,24-25H2,(H2,26,32)(H,27,35)(H,28,34)(H,29,33)(H,36,37). The molecule has 4 unspecified atom stereocenters. The van der Waals surface area contributed by atoms with Crippen LogP contribution in [0.3, 0.4) is 0 Å². The number of aliphatic hydroxyl groups is 1. The molecule has 14 nitrogen and oxygen atoms in total. The number of nitrogens with one attached hydrogen (secondary N) is 3. The summed E-state index contributed by atoms with van der Waals surface area (Å²) in [5.41, 5.74) is 16.8. The van der Waals surface area contributed by atoms with Gasteiger partial charge in [0.15, 0.2) is 0 Å². The molecule has 0 heterocycles. The molecular weight excluding hydrogens is 488 g/mol. The molecule has 206 valence electrons. The summed E-state index contributed by atoms with van der Waals surface area (Å²) < 4.78 is 0. The van der Waals surface area contributed by atoms with Crippen molar-refractivity contribution in [2.75, 3.05) is 13.2 Å². The first-order valence-electron chi connectivity index (χ1n) is 11.7. The third kappa shape index (κ3) is 11.7. The number of hydrogen-bond acceptors (Lipinski definition) is 9. The zero-order valence-electron chi connectivity index (χ0n) is 20.4. The van der Waals surface area contributed by atoms with Crippen LogP contribution in [-0.2, 0) is 30.4 Å². The molecular formula is C23H36N6O8. The van der Waals surface area contributed by atoms with E-state index in [1.807, 2.05) is 0 Å². The molecule has 0 aromatic heterocycles. The molecule has 0 aliphatic rings. The van der Waals surface area contributed by atoms with Crippen LogP contribution in [0, 0.1) is 0 Å². The Morgan fingerprint density at radius 1 is 0.838 bits per heavy atom. The molecule has 0 aliphatic heterocycles. The number of nitrogens with two attached hydrogens (primary N) is 3. The number of carbonyl (C=O) groups is 5. The molecule has 0 radical (unpaired) electrons. The summed E-state index contributed by atoms with van der Waals surface area (Å²) in [4.78, 5) is 60.5. The van der Waals surface area contributed by atoms with Crippen LogP contribution in [-0.4, -0.2) is 82.2 Å². The lowest BCUT2D eigenvalue weighted by atomic mass is 10.0. The number of aliphatic hydroxyl groups excluding tert-OH is 1. The van der Waals surface area contributed by atoms with Crippen molar-refractivity contribution in [3.8, 4) is 5.75 Å². The van der Waals surface area contributed by atoms with Crippen molar-refractivity contribution >= 4 is 29.6 Å². The number of carboxylic acid groups (broad SMARTS) is 1. The summed E-state index contributed by atoms with van der Waals surface area (Å²) in [6.07, 6.45) is 0.780. The van der Waals surface area contributed by atoms with Gasteiger partial charge in [0.05, 0.1) is 12.6 Å². The molecule has 0 saturated heterocycles. The smallest absolute Gasteiger partial charge is 0.326 e. The van der Waals surface area contributed by atoms with Crippen LogP contribution in [0.15, 0.2) is 24.3 Å². The minimum Gasteiger partial charge on any atom is -0.508 e. The van der Waals surface area contributed by atoms with Crippen LogP contribution in [0.4, 0.5) is 0 Å². The topological polar surface area (TPSA) is 260 Å². The van der Waals surface area contributed by atoms with Crippen molar-refractivity contribution in [3.05, 3.63) is 29.8 Å². The van der Waals surface area contributed by atoms with Crippen molar-refractivity contribution in [1.29, 1.82) is 0 Å². The Morgan fingerprint density at radius 2 is 1.41 bits per heavy atom. The van der Waals surface area contributed by atoms with Gasteiger partial charge in [-0.15, -0.1) is 0 Å². The number of amides is 4. The van der Waals surface area contributed by atoms with E-state index in [0.717, 1.165) is 0 Å². The SMILES string of the molecule is NCCCCC(NC(=O)C(CO)NC(=O)C(N)CCC(N)=O)C(=O)NC(Cc1ccc(O)cc1)C(=O)O. The van der Waals surface area contributed by atoms with Gasteiger partial charge in [-0.3, -0.25) is 19.2 Å². The molecule has 1 aromatic carbocycles. The first kappa shape index (κ1) is 31.3. The van der Waals surface area contributed by atoms with Gasteiger partial charge >= 0.3 is 5.97 Å². The number of aromatic hydroxyl groups is 1. The fourth-order valence-corrected chi connectivity index (χ4v) is 3.28. The molecule has 37 heavy (non-hydrogen) atoms. The van der Waals surface area contributed by atoms with E-state index in [9.17, 15) is 39.3 Å². The third-order valence-electron chi connectivity index (χ3n) is 5.42. The summed E-state index contributed by atoms with van der Waals surface area (Å²) in [7, 11) is 0. The largest absolute Gasteiger partial charge is 0.508 e. The van der Waals surface area contributed by atoms with Crippen LogP contribution in [0.5, 0.6) is 5.75 Å². The number of aliphatic carboxylic acids is 1. The van der Waals surface area contributed by atoms with Crippen LogP contribution >= 0.6 is 0 Å². The zero-order valence-corrected chi connectivity index (χ0v) is 20.4. The van der Waals surface area contributed by atoms with E-state index < -0.39 is 60.4 Å². The van der Waals surface area contributed by atoms with E-state index in [-0.39, 0.29) is 31.4 Å². The van der Waals surface area contributed by atoms with E-state index >= 15 is 0 Å². The van der Waals surface area contributed by atoms with E-state index in [4.69, 9.17) is 17.2 Å². The van der Waals surface area contributed by atoms with Crippen molar-refractivity contribution < 1.29 is 39.3 Å². The Labute approximate surface area is 213 Å². The Morgan fingerprint density at radius 3 is 1.95 bits per heavy atom. The van der Waals surface area contributed by atoms with Crippen molar-refractivity contribution in [2.45, 2.75) is 62.7 Å². The van der Waals surface area contributed by atoms with Gasteiger partial charge in [-0.1, -0.05) is 12.1 Å².